The van der Waals surface area contributed by atoms with Crippen molar-refractivity contribution in [1.29, 1.82) is 0 Å². The van der Waals surface area contributed by atoms with Gasteiger partial charge in [0.1, 0.15) is 0 Å². The first-order valence-corrected chi connectivity index (χ1v) is 7.60. The molecule has 0 amide bonds. The number of nitrogens with one attached hydrogen (secondary N) is 1. The molecule has 0 aliphatic heterocycles. The molecule has 0 heterocycles. The van der Waals surface area contributed by atoms with Crippen molar-refractivity contribution in [1.82, 2.24) is 5.32 Å². The second-order valence-corrected chi connectivity index (χ2v) is 6.54. The van der Waals surface area contributed by atoms with Crippen LogP contribution in [0.1, 0.15) is 38.2 Å². The Morgan fingerprint density at radius 1 is 1.11 bits per heavy atom. The van der Waals surface area contributed by atoms with E-state index in [-0.39, 0.29) is 0 Å². The highest BCUT2D eigenvalue weighted by Gasteiger charge is 2.41. The van der Waals surface area contributed by atoms with Crippen LogP contribution in [0.25, 0.3) is 0 Å². The first-order chi connectivity index (χ1) is 8.72. The molecule has 0 aromatic heterocycles. The number of benzene rings is 1. The van der Waals surface area contributed by atoms with Gasteiger partial charge in [-0.15, -0.1) is 0 Å². The molecule has 0 bridgehead atoms. The summed E-state index contributed by atoms with van der Waals surface area (Å²) in [7, 11) is 0. The Morgan fingerprint density at radius 3 is 2.17 bits per heavy atom. The van der Waals surface area contributed by atoms with Gasteiger partial charge in [0.2, 0.25) is 0 Å². The lowest BCUT2D eigenvalue weighted by atomic mass is 10.0. The van der Waals surface area contributed by atoms with E-state index in [0.29, 0.717) is 6.04 Å². The minimum absolute atomic E-state index is 0.567. The molecule has 2 aliphatic carbocycles. The third-order valence-corrected chi connectivity index (χ3v) is 4.44. The van der Waals surface area contributed by atoms with E-state index in [0.717, 1.165) is 29.3 Å². The molecule has 1 aromatic rings. The van der Waals surface area contributed by atoms with Gasteiger partial charge in [0.05, 0.1) is 0 Å². The van der Waals surface area contributed by atoms with E-state index < -0.39 is 0 Å². The Hall–Kier alpha value is -0.530. The van der Waals surface area contributed by atoms with Gasteiger partial charge < -0.3 is 5.32 Å². The second kappa shape index (κ2) is 5.22. The smallest absolute Gasteiger partial charge is 0.0406 e. The Bertz CT molecular complexity index is 380. The Morgan fingerprint density at radius 2 is 1.67 bits per heavy atom. The quantitative estimate of drug-likeness (QED) is 0.817. The van der Waals surface area contributed by atoms with Crippen molar-refractivity contribution in [2.75, 3.05) is 0 Å². The fourth-order valence-corrected chi connectivity index (χ4v) is 3.06. The monoisotopic (exact) mass is 263 g/mol. The van der Waals surface area contributed by atoms with Crippen molar-refractivity contribution in [3.8, 4) is 0 Å². The van der Waals surface area contributed by atoms with Gasteiger partial charge in [-0.2, -0.15) is 0 Å². The van der Waals surface area contributed by atoms with Crippen LogP contribution in [-0.4, -0.2) is 12.1 Å². The summed E-state index contributed by atoms with van der Waals surface area (Å²) in [6.45, 7) is 2.31. The molecule has 3 rings (SSSR count). The number of hydrogen-bond acceptors (Lipinski definition) is 1. The van der Waals surface area contributed by atoms with Crippen molar-refractivity contribution in [3.05, 3.63) is 34.9 Å². The lowest BCUT2D eigenvalue weighted by molar-refractivity contribution is 0.371. The van der Waals surface area contributed by atoms with E-state index in [9.17, 15) is 0 Å². The lowest BCUT2D eigenvalue weighted by Crippen LogP contribution is -2.40. The molecule has 1 aromatic carbocycles. The zero-order valence-electron chi connectivity index (χ0n) is 11.0. The number of rotatable bonds is 6. The maximum atomic E-state index is 5.92. The van der Waals surface area contributed by atoms with Crippen LogP contribution in [0.5, 0.6) is 0 Å². The largest absolute Gasteiger partial charge is 0.311 e. The maximum absolute atomic E-state index is 5.92. The topological polar surface area (TPSA) is 12.0 Å². The molecule has 1 atom stereocenters. The van der Waals surface area contributed by atoms with E-state index in [1.165, 1.54) is 31.2 Å². The normalized spacial score (nSPS) is 21.3. The van der Waals surface area contributed by atoms with Crippen LogP contribution in [-0.2, 0) is 6.42 Å². The molecule has 1 unspecified atom stereocenters. The van der Waals surface area contributed by atoms with Gasteiger partial charge in [-0.25, -0.2) is 0 Å². The molecule has 1 N–H and O–H groups in total. The predicted molar refractivity (Wildman–Crippen MR) is 77.0 cm³/mol. The maximum Gasteiger partial charge on any atom is 0.0406 e. The SMILES string of the molecule is CC(Cc1ccc(Cl)cc1)NC(C1CC1)C1CC1. The van der Waals surface area contributed by atoms with Crippen LogP contribution < -0.4 is 5.32 Å². The van der Waals surface area contributed by atoms with Gasteiger partial charge >= 0.3 is 0 Å². The molecule has 2 aliphatic rings. The van der Waals surface area contributed by atoms with Crippen molar-refractivity contribution in [3.63, 3.8) is 0 Å². The van der Waals surface area contributed by atoms with Crippen molar-refractivity contribution >= 4 is 11.6 Å². The van der Waals surface area contributed by atoms with Crippen LogP contribution >= 0.6 is 11.6 Å². The minimum atomic E-state index is 0.567. The molecule has 18 heavy (non-hydrogen) atoms. The predicted octanol–water partition coefficient (Wildman–Crippen LogP) is 4.05. The molecule has 0 radical (unpaired) electrons. The van der Waals surface area contributed by atoms with Crippen molar-refractivity contribution in [2.24, 2.45) is 11.8 Å². The van der Waals surface area contributed by atoms with Gasteiger partial charge in [-0.05, 0) is 68.6 Å². The van der Waals surface area contributed by atoms with Gasteiger partial charge in [0.25, 0.3) is 0 Å². The minimum Gasteiger partial charge on any atom is -0.311 e. The summed E-state index contributed by atoms with van der Waals surface area (Å²) in [6.07, 6.45) is 6.89. The van der Waals surface area contributed by atoms with Gasteiger partial charge in [-0.3, -0.25) is 0 Å². The molecule has 2 saturated carbocycles. The first-order valence-electron chi connectivity index (χ1n) is 7.23. The summed E-state index contributed by atoms with van der Waals surface area (Å²) in [5.74, 6) is 1.95. The van der Waals surface area contributed by atoms with Gasteiger partial charge in [0, 0.05) is 17.1 Å². The molecule has 98 valence electrons. The summed E-state index contributed by atoms with van der Waals surface area (Å²) < 4.78 is 0. The van der Waals surface area contributed by atoms with E-state index in [1.54, 1.807) is 0 Å². The summed E-state index contributed by atoms with van der Waals surface area (Å²) in [5.41, 5.74) is 1.38. The fourth-order valence-electron chi connectivity index (χ4n) is 2.93. The number of hydrogen-bond donors (Lipinski definition) is 1. The highest BCUT2D eigenvalue weighted by Crippen LogP contribution is 2.44. The Labute approximate surface area is 115 Å². The Balaban J connectivity index is 1.54. The van der Waals surface area contributed by atoms with E-state index in [4.69, 9.17) is 11.6 Å². The zero-order valence-corrected chi connectivity index (χ0v) is 11.8. The summed E-state index contributed by atoms with van der Waals surface area (Å²) in [5, 5.41) is 4.70. The zero-order chi connectivity index (χ0) is 12.5. The fraction of sp³-hybridized carbons (Fsp3) is 0.625. The molecule has 2 fully saturated rings. The van der Waals surface area contributed by atoms with Crippen molar-refractivity contribution < 1.29 is 0 Å². The van der Waals surface area contributed by atoms with Gasteiger partial charge in [0.15, 0.2) is 0 Å². The molecule has 0 spiro atoms. The van der Waals surface area contributed by atoms with Crippen LogP contribution in [0, 0.1) is 11.8 Å². The summed E-state index contributed by atoms with van der Waals surface area (Å²) in [4.78, 5) is 0. The lowest BCUT2D eigenvalue weighted by Gasteiger charge is -2.23. The van der Waals surface area contributed by atoms with Crippen LogP contribution in [0.2, 0.25) is 5.02 Å². The highest BCUT2D eigenvalue weighted by atomic mass is 35.5. The van der Waals surface area contributed by atoms with Crippen LogP contribution in [0.3, 0.4) is 0 Å². The Kier molecular flexibility index (Phi) is 3.63. The summed E-state index contributed by atoms with van der Waals surface area (Å²) in [6, 6.07) is 9.63. The molecular weight excluding hydrogens is 242 g/mol. The average molecular weight is 264 g/mol. The highest BCUT2D eigenvalue weighted by molar-refractivity contribution is 6.30. The van der Waals surface area contributed by atoms with Crippen LogP contribution in [0.15, 0.2) is 24.3 Å². The third kappa shape index (κ3) is 3.27. The molecule has 0 saturated heterocycles. The van der Waals surface area contributed by atoms with Crippen LogP contribution in [0.4, 0.5) is 0 Å². The number of halogens is 1. The van der Waals surface area contributed by atoms with E-state index in [1.807, 2.05) is 12.1 Å². The molecular formula is C16H22ClN. The van der Waals surface area contributed by atoms with Gasteiger partial charge in [-0.1, -0.05) is 23.7 Å². The van der Waals surface area contributed by atoms with Crippen molar-refractivity contribution in [2.45, 2.75) is 51.1 Å². The second-order valence-electron chi connectivity index (χ2n) is 6.10. The van der Waals surface area contributed by atoms with E-state index >= 15 is 0 Å². The molecule has 2 heteroatoms. The average Bonchev–Trinajstić information content (AvgIpc) is 3.22. The van der Waals surface area contributed by atoms with E-state index in [2.05, 4.69) is 24.4 Å². The first kappa shape index (κ1) is 12.5. The third-order valence-electron chi connectivity index (χ3n) is 4.19. The molecule has 1 nitrogen and oxygen atoms in total. The standard InChI is InChI=1S/C16H22ClN/c1-11(10-12-2-8-15(17)9-3-12)18-16(13-4-5-13)14-6-7-14/h2-3,8-9,11,13-14,16,18H,4-7,10H2,1H3. The summed E-state index contributed by atoms with van der Waals surface area (Å²) >= 11 is 5.92.